The molecular weight excluding hydrogens is 308 g/mol. The fourth-order valence-corrected chi connectivity index (χ4v) is 1.13. The molecular formula is C10H7F6N3O2. The molecule has 0 bridgehead atoms. The van der Waals surface area contributed by atoms with Crippen LogP contribution in [-0.4, -0.2) is 39.7 Å². The molecule has 1 aromatic heterocycles. The Morgan fingerprint density at radius 2 is 1.86 bits per heavy atom. The molecule has 0 unspecified atom stereocenters. The van der Waals surface area contributed by atoms with Gasteiger partial charge in [0.05, 0.1) is 5.57 Å². The number of halogens is 6. The Morgan fingerprint density at radius 3 is 2.24 bits per heavy atom. The summed E-state index contributed by atoms with van der Waals surface area (Å²) in [5.41, 5.74) is -1.58. The zero-order valence-corrected chi connectivity index (χ0v) is 10.2. The summed E-state index contributed by atoms with van der Waals surface area (Å²) in [5, 5.41) is 14.5. The number of aliphatic imine (C=N–C) groups is 1. The number of aliphatic hydroxyl groups is 1. The number of aryl methyl sites for hydroxylation is 1. The van der Waals surface area contributed by atoms with E-state index in [9.17, 15) is 31.1 Å². The average molecular weight is 315 g/mol. The molecule has 11 heteroatoms. The van der Waals surface area contributed by atoms with E-state index in [0.29, 0.717) is 5.69 Å². The monoisotopic (exact) mass is 315 g/mol. The molecule has 1 aromatic rings. The predicted octanol–water partition coefficient (Wildman–Crippen LogP) is 2.93. The first-order valence-electron chi connectivity index (χ1n) is 5.11. The second-order valence-electron chi connectivity index (χ2n) is 3.75. The molecule has 0 saturated heterocycles. The van der Waals surface area contributed by atoms with Gasteiger partial charge in [-0.05, 0) is 6.92 Å². The number of nitrogens with zero attached hydrogens (tertiary/aromatic N) is 2. The van der Waals surface area contributed by atoms with E-state index in [1.54, 1.807) is 0 Å². The van der Waals surface area contributed by atoms with Crippen molar-refractivity contribution >= 4 is 17.8 Å². The minimum Gasteiger partial charge on any atom is -0.504 e. The lowest BCUT2D eigenvalue weighted by molar-refractivity contribution is -0.167. The molecule has 0 aliphatic rings. The van der Waals surface area contributed by atoms with Gasteiger partial charge in [0.2, 0.25) is 5.76 Å². The molecule has 0 fully saturated rings. The number of ketones is 1. The number of hydrogen-bond acceptors (Lipinski definition) is 4. The van der Waals surface area contributed by atoms with Gasteiger partial charge in [0.1, 0.15) is 0 Å². The maximum Gasteiger partial charge on any atom is 0.455 e. The number of alkyl halides is 6. The smallest absolute Gasteiger partial charge is 0.455 e. The van der Waals surface area contributed by atoms with Crippen LogP contribution in [0.4, 0.5) is 32.2 Å². The maximum absolute atomic E-state index is 12.3. The van der Waals surface area contributed by atoms with Gasteiger partial charge in [-0.3, -0.25) is 9.89 Å². The topological polar surface area (TPSA) is 78.3 Å². The first kappa shape index (κ1) is 16.7. The average Bonchev–Trinajstić information content (AvgIpc) is 2.72. The number of hydrogen-bond donors (Lipinski definition) is 2. The number of Topliss-reactive ketones (excluding diaryl/α,β-unsaturated/α-hetero) is 1. The highest BCUT2D eigenvalue weighted by Gasteiger charge is 2.46. The van der Waals surface area contributed by atoms with Crippen LogP contribution >= 0.6 is 0 Å². The lowest BCUT2D eigenvalue weighted by Crippen LogP contribution is -2.29. The summed E-state index contributed by atoms with van der Waals surface area (Å²) < 4.78 is 73.5. The Balaban J connectivity index is 3.28. The van der Waals surface area contributed by atoms with Crippen LogP contribution in [0.5, 0.6) is 0 Å². The first-order valence-corrected chi connectivity index (χ1v) is 5.11. The van der Waals surface area contributed by atoms with Crippen LogP contribution in [0.15, 0.2) is 22.4 Å². The molecule has 0 aliphatic heterocycles. The minimum atomic E-state index is -5.60. The highest BCUT2D eigenvalue weighted by molar-refractivity contribution is 6.16. The summed E-state index contributed by atoms with van der Waals surface area (Å²) in [5.74, 6) is -5.80. The van der Waals surface area contributed by atoms with Crippen molar-refractivity contribution in [3.05, 3.63) is 23.1 Å². The Bertz CT molecular complexity index is 597. The van der Waals surface area contributed by atoms with Crippen LogP contribution < -0.4 is 0 Å². The lowest BCUT2D eigenvalue weighted by Gasteiger charge is -2.10. The Morgan fingerprint density at radius 1 is 1.29 bits per heavy atom. The molecule has 0 atom stereocenters. The molecule has 116 valence electrons. The van der Waals surface area contributed by atoms with Gasteiger partial charge in [0.25, 0.3) is 5.78 Å². The number of carbonyl (C=O) groups excluding carboxylic acids is 1. The van der Waals surface area contributed by atoms with E-state index >= 15 is 0 Å². The third kappa shape index (κ3) is 4.33. The van der Waals surface area contributed by atoms with Crippen LogP contribution in [0.1, 0.15) is 5.69 Å². The van der Waals surface area contributed by atoms with Gasteiger partial charge in [-0.2, -0.15) is 31.4 Å². The van der Waals surface area contributed by atoms with Crippen LogP contribution in [0.2, 0.25) is 0 Å². The van der Waals surface area contributed by atoms with Gasteiger partial charge in [-0.25, -0.2) is 4.99 Å². The molecule has 5 nitrogen and oxygen atoms in total. The SMILES string of the molecule is Cc1cc(N=C/C(C(=O)C(F)(F)F)=C(\O)C(F)(F)F)n[nH]1. The van der Waals surface area contributed by atoms with Gasteiger partial charge >= 0.3 is 12.4 Å². The zero-order chi connectivity index (χ0) is 16.4. The number of carbonyl (C=O) groups is 1. The molecule has 0 aliphatic carbocycles. The van der Waals surface area contributed by atoms with Crippen molar-refractivity contribution in [3.8, 4) is 0 Å². The molecule has 21 heavy (non-hydrogen) atoms. The third-order valence-electron chi connectivity index (χ3n) is 2.04. The molecule has 2 N–H and O–H groups in total. The molecule has 0 amide bonds. The van der Waals surface area contributed by atoms with E-state index in [2.05, 4.69) is 15.2 Å². The van der Waals surface area contributed by atoms with Gasteiger partial charge in [-0.15, -0.1) is 0 Å². The van der Waals surface area contributed by atoms with E-state index in [1.165, 1.54) is 13.0 Å². The van der Waals surface area contributed by atoms with Gasteiger partial charge in [0.15, 0.2) is 5.82 Å². The van der Waals surface area contributed by atoms with Crippen molar-refractivity contribution in [2.24, 2.45) is 4.99 Å². The number of aromatic amines is 1. The van der Waals surface area contributed by atoms with Crippen molar-refractivity contribution in [2.75, 3.05) is 0 Å². The van der Waals surface area contributed by atoms with Gasteiger partial charge in [-0.1, -0.05) is 0 Å². The quantitative estimate of drug-likeness (QED) is 0.389. The first-order chi connectivity index (χ1) is 9.43. The van der Waals surface area contributed by atoms with Gasteiger partial charge in [0, 0.05) is 18.0 Å². The van der Waals surface area contributed by atoms with Crippen LogP contribution in [0, 0.1) is 6.92 Å². The van der Waals surface area contributed by atoms with Crippen molar-refractivity contribution in [1.29, 1.82) is 0 Å². The fourth-order valence-electron chi connectivity index (χ4n) is 1.13. The summed E-state index contributed by atoms with van der Waals surface area (Å²) >= 11 is 0. The Labute approximate surface area is 113 Å². The highest BCUT2D eigenvalue weighted by atomic mass is 19.4. The van der Waals surface area contributed by atoms with E-state index in [4.69, 9.17) is 5.11 Å². The number of allylic oxidation sites excluding steroid dienone is 2. The van der Waals surface area contributed by atoms with Crippen LogP contribution in [0.25, 0.3) is 0 Å². The standard InChI is InChI=1S/C10H7F6N3O2/c1-4-2-6(19-18-4)17-3-5(7(20)9(11,12)13)8(21)10(14,15)16/h2-3,20H,1H3,(H,18,19)/b7-5+,17-3?. The van der Waals surface area contributed by atoms with Crippen LogP contribution in [-0.2, 0) is 4.79 Å². The summed E-state index contributed by atoms with van der Waals surface area (Å²) in [6, 6.07) is 1.21. The fraction of sp³-hybridized carbons (Fsp3) is 0.300. The third-order valence-corrected chi connectivity index (χ3v) is 2.04. The second-order valence-corrected chi connectivity index (χ2v) is 3.75. The predicted molar refractivity (Wildman–Crippen MR) is 58.2 cm³/mol. The summed E-state index contributed by atoms with van der Waals surface area (Å²) in [6.07, 6.45) is -11.2. The van der Waals surface area contributed by atoms with E-state index in [0.717, 1.165) is 0 Å². The van der Waals surface area contributed by atoms with E-state index in [-0.39, 0.29) is 12.0 Å². The van der Waals surface area contributed by atoms with Crippen LogP contribution in [0.3, 0.4) is 0 Å². The minimum absolute atomic E-state index is 0.0335. The maximum atomic E-state index is 12.3. The number of rotatable bonds is 3. The molecule has 1 heterocycles. The van der Waals surface area contributed by atoms with Crippen molar-refractivity contribution in [3.63, 3.8) is 0 Å². The second kappa shape index (κ2) is 5.58. The lowest BCUT2D eigenvalue weighted by atomic mass is 10.1. The summed E-state index contributed by atoms with van der Waals surface area (Å²) in [7, 11) is 0. The number of nitrogens with one attached hydrogen (secondary N) is 1. The van der Waals surface area contributed by atoms with Crippen molar-refractivity contribution < 1.29 is 36.2 Å². The zero-order valence-electron chi connectivity index (χ0n) is 10.2. The Kier molecular flexibility index (Phi) is 4.44. The molecule has 0 radical (unpaired) electrons. The van der Waals surface area contributed by atoms with Gasteiger partial charge < -0.3 is 5.11 Å². The van der Waals surface area contributed by atoms with E-state index in [1.807, 2.05) is 0 Å². The molecule has 1 rings (SSSR count). The van der Waals surface area contributed by atoms with Crippen molar-refractivity contribution in [2.45, 2.75) is 19.3 Å². The largest absolute Gasteiger partial charge is 0.504 e. The molecule has 0 aromatic carbocycles. The van der Waals surface area contributed by atoms with E-state index < -0.39 is 29.5 Å². The molecule has 0 saturated carbocycles. The van der Waals surface area contributed by atoms with Crippen molar-refractivity contribution in [1.82, 2.24) is 10.2 Å². The molecule has 0 spiro atoms. The highest BCUT2D eigenvalue weighted by Crippen LogP contribution is 2.29. The number of aliphatic hydroxyl groups excluding tert-OH is 1. The summed E-state index contributed by atoms with van der Waals surface area (Å²) in [6.45, 7) is 1.51. The summed E-state index contributed by atoms with van der Waals surface area (Å²) in [4.78, 5) is 14.1. The Hall–Kier alpha value is -2.33. The number of aromatic nitrogens is 2. The normalized spacial score (nSPS) is 14.4. The number of H-pyrrole nitrogens is 1.